The molecule has 2 aromatic carbocycles. The van der Waals surface area contributed by atoms with Gasteiger partial charge in [0.05, 0.1) is 0 Å². The van der Waals surface area contributed by atoms with Crippen molar-refractivity contribution < 1.29 is 5.11 Å². The fourth-order valence-electron chi connectivity index (χ4n) is 1.09. The molecule has 0 heterocycles. The lowest BCUT2D eigenvalue weighted by Crippen LogP contribution is -1.69. The van der Waals surface area contributed by atoms with E-state index >= 15 is 0 Å². The first-order valence-electron chi connectivity index (χ1n) is 3.37. The van der Waals surface area contributed by atoms with E-state index in [1.807, 2.05) is 12.1 Å². The molecule has 0 aromatic heterocycles. The number of phenolic OH excluding ortho intramolecular Hbond substituents is 1. The molecule has 2 aromatic rings. The smallest absolute Gasteiger partial charge is 0.124 e. The van der Waals surface area contributed by atoms with Gasteiger partial charge < -0.3 is 5.11 Å². The van der Waals surface area contributed by atoms with Crippen LogP contribution in [0.1, 0.15) is 0 Å². The van der Waals surface area contributed by atoms with Gasteiger partial charge in [-0.15, -0.1) is 0 Å². The molecule has 0 saturated carbocycles. The molecule has 0 fully saturated rings. The molecule has 1 N–H and O–H groups in total. The Morgan fingerprint density at radius 3 is 2.73 bits per heavy atom. The van der Waals surface area contributed by atoms with Crippen LogP contribution < -0.4 is 0 Å². The molecule has 0 saturated heterocycles. The molecule has 1 heteroatoms. The van der Waals surface area contributed by atoms with E-state index in [0.29, 0.717) is 5.75 Å². The van der Waals surface area contributed by atoms with Crippen LogP contribution in [0.25, 0.3) is 10.8 Å². The first-order chi connectivity index (χ1) is 5.38. The monoisotopic (exact) mass is 142 g/mol. The van der Waals surface area contributed by atoms with Crippen molar-refractivity contribution >= 4 is 10.8 Å². The highest BCUT2D eigenvalue weighted by molar-refractivity contribution is 5.87. The number of fused-ring (bicyclic) bond motifs is 1. The summed E-state index contributed by atoms with van der Waals surface area (Å²) in [7, 11) is 0. The van der Waals surface area contributed by atoms with Crippen molar-refractivity contribution in [2.24, 2.45) is 0 Å². The Bertz CT molecular complexity index is 374. The minimum absolute atomic E-state index is 0.299. The van der Waals surface area contributed by atoms with E-state index in [0.717, 1.165) is 10.8 Å². The Hall–Kier alpha value is -1.68. The summed E-state index contributed by atoms with van der Waals surface area (Å²) in [5.74, 6) is 0.299. The number of rotatable bonds is 0. The summed E-state index contributed by atoms with van der Waals surface area (Å²) >= 11 is 0. The van der Waals surface area contributed by atoms with Crippen LogP contribution in [0.3, 0.4) is 0 Å². The molecule has 1 nitrogen and oxygen atoms in total. The van der Waals surface area contributed by atoms with Crippen LogP contribution in [0.4, 0.5) is 0 Å². The van der Waals surface area contributed by atoms with Gasteiger partial charge in [0, 0.05) is 11.5 Å². The Morgan fingerprint density at radius 1 is 1.09 bits per heavy atom. The molecule has 2 rings (SSSR count). The third-order valence-electron chi connectivity index (χ3n) is 1.64. The lowest BCUT2D eigenvalue weighted by molar-refractivity contribution is 0.481. The molecule has 0 radical (unpaired) electrons. The molecule has 0 aliphatic carbocycles. The molecular weight excluding hydrogens is 136 g/mol. The van der Waals surface area contributed by atoms with E-state index < -0.39 is 0 Å². The Labute approximate surface area is 64.9 Å². The summed E-state index contributed by atoms with van der Waals surface area (Å²) in [5.41, 5.74) is 0. The average Bonchev–Trinajstić information content (AvgIpc) is 2.06. The lowest BCUT2D eigenvalue weighted by Gasteiger charge is -1.95. The Balaban J connectivity index is 2.91. The first-order valence-corrected chi connectivity index (χ1v) is 3.37. The van der Waals surface area contributed by atoms with Crippen molar-refractivity contribution in [3.8, 4) is 5.75 Å². The van der Waals surface area contributed by atoms with Gasteiger partial charge in [0.25, 0.3) is 0 Å². The van der Waals surface area contributed by atoms with Gasteiger partial charge in [0.15, 0.2) is 0 Å². The molecular formula is C10H6O. The van der Waals surface area contributed by atoms with E-state index in [9.17, 15) is 5.11 Å². The van der Waals surface area contributed by atoms with Gasteiger partial charge in [-0.05, 0) is 17.5 Å². The fraction of sp³-hybridized carbons (Fsp3) is 0. The van der Waals surface area contributed by atoms with Crippen molar-refractivity contribution in [3.63, 3.8) is 0 Å². The Morgan fingerprint density at radius 2 is 1.91 bits per heavy atom. The molecule has 11 heavy (non-hydrogen) atoms. The quantitative estimate of drug-likeness (QED) is 0.597. The van der Waals surface area contributed by atoms with Gasteiger partial charge in [-0.2, -0.15) is 0 Å². The van der Waals surface area contributed by atoms with Crippen LogP contribution in [0.15, 0.2) is 30.3 Å². The summed E-state index contributed by atoms with van der Waals surface area (Å²) < 4.78 is 0. The van der Waals surface area contributed by atoms with Crippen LogP contribution >= 0.6 is 0 Å². The van der Waals surface area contributed by atoms with Crippen LogP contribution in [0.5, 0.6) is 5.75 Å². The second kappa shape index (κ2) is 2.17. The van der Waals surface area contributed by atoms with Crippen molar-refractivity contribution in [1.29, 1.82) is 0 Å². The van der Waals surface area contributed by atoms with Crippen molar-refractivity contribution in [2.75, 3.05) is 0 Å². The van der Waals surface area contributed by atoms with Gasteiger partial charge in [0.2, 0.25) is 0 Å². The second-order valence-electron chi connectivity index (χ2n) is 2.36. The maximum atomic E-state index is 9.34. The van der Waals surface area contributed by atoms with E-state index in [1.165, 1.54) is 0 Å². The highest BCUT2D eigenvalue weighted by Crippen LogP contribution is 2.21. The number of hydrogen-bond donors (Lipinski definition) is 1. The maximum Gasteiger partial charge on any atom is 0.124 e. The van der Waals surface area contributed by atoms with E-state index in [2.05, 4.69) is 12.1 Å². The van der Waals surface area contributed by atoms with Gasteiger partial charge >= 0.3 is 0 Å². The molecule has 0 aliphatic rings. The minimum Gasteiger partial charge on any atom is -0.507 e. The van der Waals surface area contributed by atoms with Crippen molar-refractivity contribution in [3.05, 3.63) is 42.5 Å². The number of hydrogen-bond acceptors (Lipinski definition) is 1. The number of aromatic hydroxyl groups is 1. The lowest BCUT2D eigenvalue weighted by atomic mass is 10.1. The largest absolute Gasteiger partial charge is 0.507 e. The SMILES string of the molecule is Oc1cccc2cc#ccc12. The average molecular weight is 142 g/mol. The molecule has 0 aliphatic heterocycles. The van der Waals surface area contributed by atoms with E-state index in [1.54, 1.807) is 18.2 Å². The predicted molar refractivity (Wildman–Crippen MR) is 43.3 cm³/mol. The molecule has 0 bridgehead atoms. The summed E-state index contributed by atoms with van der Waals surface area (Å²) in [6, 6.07) is 14.5. The van der Waals surface area contributed by atoms with Crippen LogP contribution in [-0.2, 0) is 0 Å². The third kappa shape index (κ3) is 0.890. The molecule has 0 spiro atoms. The van der Waals surface area contributed by atoms with Crippen LogP contribution in [0, 0.1) is 12.1 Å². The minimum atomic E-state index is 0.299. The second-order valence-corrected chi connectivity index (χ2v) is 2.36. The standard InChI is InChI=1S/C10H6O/c11-10-7-3-5-8-4-1-2-6-9(8)10/h3-7,11H. The molecule has 0 atom stereocenters. The van der Waals surface area contributed by atoms with Crippen LogP contribution in [-0.4, -0.2) is 5.11 Å². The topological polar surface area (TPSA) is 20.2 Å². The highest BCUT2D eigenvalue weighted by atomic mass is 16.3. The zero-order valence-electron chi connectivity index (χ0n) is 5.83. The molecule has 0 amide bonds. The number of benzene rings is 1. The van der Waals surface area contributed by atoms with Gasteiger partial charge in [0.1, 0.15) is 5.75 Å². The Kier molecular flexibility index (Phi) is 1.20. The summed E-state index contributed by atoms with van der Waals surface area (Å²) in [5, 5.41) is 11.2. The predicted octanol–water partition coefficient (Wildman–Crippen LogP) is 2.15. The van der Waals surface area contributed by atoms with Gasteiger partial charge in [-0.3, -0.25) is 0 Å². The molecule has 0 unspecified atom stereocenters. The third-order valence-corrected chi connectivity index (χ3v) is 1.64. The van der Waals surface area contributed by atoms with Crippen molar-refractivity contribution in [1.82, 2.24) is 0 Å². The van der Waals surface area contributed by atoms with Gasteiger partial charge in [-0.25, -0.2) is 0 Å². The van der Waals surface area contributed by atoms with E-state index in [-0.39, 0.29) is 0 Å². The van der Waals surface area contributed by atoms with Crippen LogP contribution in [0.2, 0.25) is 0 Å². The number of phenols is 1. The molecule has 52 valence electrons. The zero-order chi connectivity index (χ0) is 7.68. The van der Waals surface area contributed by atoms with E-state index in [4.69, 9.17) is 0 Å². The summed E-state index contributed by atoms with van der Waals surface area (Å²) in [4.78, 5) is 0. The first kappa shape index (κ1) is 6.06. The maximum absolute atomic E-state index is 9.34. The summed E-state index contributed by atoms with van der Waals surface area (Å²) in [6.07, 6.45) is 0. The highest BCUT2D eigenvalue weighted by Gasteiger charge is 1.94. The fourth-order valence-corrected chi connectivity index (χ4v) is 1.09. The summed E-state index contributed by atoms with van der Waals surface area (Å²) in [6.45, 7) is 0. The normalized spacial score (nSPS) is 9.45. The van der Waals surface area contributed by atoms with Crippen molar-refractivity contribution in [2.45, 2.75) is 0 Å². The zero-order valence-corrected chi connectivity index (χ0v) is 5.83. The van der Waals surface area contributed by atoms with Gasteiger partial charge in [-0.1, -0.05) is 24.3 Å².